The fourth-order valence-electron chi connectivity index (χ4n) is 2.44. The molecule has 0 fully saturated rings. The number of hydrogen-bond acceptors (Lipinski definition) is 7. The SMILES string of the molecule is O=C(N/N=C\c1ccc(OS(=O)(=O)c2cccc([N+](=O)[O-])c2)c(Br)c1)c1cccc(Br)c1. The van der Waals surface area contributed by atoms with Gasteiger partial charge in [-0.1, -0.05) is 28.1 Å². The first-order valence-electron chi connectivity index (χ1n) is 8.73. The lowest BCUT2D eigenvalue weighted by Crippen LogP contribution is -2.17. The Labute approximate surface area is 199 Å². The average molecular weight is 583 g/mol. The minimum absolute atomic E-state index is 0.0215. The van der Waals surface area contributed by atoms with Gasteiger partial charge < -0.3 is 4.18 Å². The van der Waals surface area contributed by atoms with E-state index in [9.17, 15) is 23.3 Å². The average Bonchev–Trinajstić information content (AvgIpc) is 2.75. The molecule has 0 radical (unpaired) electrons. The second kappa shape index (κ2) is 10.0. The molecule has 0 spiro atoms. The Morgan fingerprint density at radius 2 is 1.81 bits per heavy atom. The smallest absolute Gasteiger partial charge is 0.339 e. The third kappa shape index (κ3) is 5.99. The van der Waals surface area contributed by atoms with Crippen LogP contribution in [0.4, 0.5) is 5.69 Å². The number of non-ortho nitro benzene ring substituents is 1. The van der Waals surface area contributed by atoms with Crippen molar-refractivity contribution in [2.45, 2.75) is 4.90 Å². The molecule has 0 aliphatic rings. The van der Waals surface area contributed by atoms with Crippen molar-refractivity contribution in [1.82, 2.24) is 5.43 Å². The van der Waals surface area contributed by atoms with Gasteiger partial charge in [0.2, 0.25) is 0 Å². The highest BCUT2D eigenvalue weighted by Crippen LogP contribution is 2.29. The third-order valence-corrected chi connectivity index (χ3v) is 6.28. The Bertz CT molecular complexity index is 1330. The zero-order valence-electron chi connectivity index (χ0n) is 15.9. The Hall–Kier alpha value is -3.09. The zero-order chi connectivity index (χ0) is 23.3. The van der Waals surface area contributed by atoms with E-state index in [1.54, 1.807) is 24.3 Å². The summed E-state index contributed by atoms with van der Waals surface area (Å²) in [7, 11) is -4.30. The van der Waals surface area contributed by atoms with Crippen molar-refractivity contribution < 1.29 is 22.3 Å². The molecule has 0 saturated heterocycles. The number of hydrogen-bond donors (Lipinski definition) is 1. The van der Waals surface area contributed by atoms with E-state index in [-0.39, 0.29) is 16.3 Å². The van der Waals surface area contributed by atoms with E-state index in [1.807, 2.05) is 0 Å². The van der Waals surface area contributed by atoms with Crippen LogP contribution in [0.15, 0.2) is 85.7 Å². The number of nitro groups is 1. The molecule has 3 aromatic rings. The van der Waals surface area contributed by atoms with Gasteiger partial charge in [-0.25, -0.2) is 5.43 Å². The Morgan fingerprint density at radius 1 is 1.06 bits per heavy atom. The number of benzene rings is 3. The van der Waals surface area contributed by atoms with E-state index in [0.29, 0.717) is 15.6 Å². The summed E-state index contributed by atoms with van der Waals surface area (Å²) in [5.41, 5.74) is 3.00. The van der Waals surface area contributed by atoms with Crippen LogP contribution < -0.4 is 9.61 Å². The number of nitrogens with one attached hydrogen (secondary N) is 1. The minimum Gasteiger partial charge on any atom is -0.378 e. The molecule has 0 aromatic heterocycles. The predicted octanol–water partition coefficient (Wildman–Crippen LogP) is 4.65. The van der Waals surface area contributed by atoms with Crippen LogP contribution in [0.2, 0.25) is 0 Å². The first-order valence-corrected chi connectivity index (χ1v) is 11.7. The van der Waals surface area contributed by atoms with Gasteiger partial charge in [0.05, 0.1) is 15.6 Å². The maximum absolute atomic E-state index is 12.5. The van der Waals surface area contributed by atoms with Gasteiger partial charge in [-0.2, -0.15) is 13.5 Å². The molecule has 0 unspecified atom stereocenters. The highest BCUT2D eigenvalue weighted by Gasteiger charge is 2.21. The summed E-state index contributed by atoms with van der Waals surface area (Å²) in [5.74, 6) is -0.420. The maximum atomic E-state index is 12.5. The highest BCUT2D eigenvalue weighted by atomic mass is 79.9. The van der Waals surface area contributed by atoms with E-state index in [2.05, 4.69) is 42.4 Å². The van der Waals surface area contributed by atoms with Crippen LogP contribution in [0.25, 0.3) is 0 Å². The van der Waals surface area contributed by atoms with E-state index in [4.69, 9.17) is 4.18 Å². The van der Waals surface area contributed by atoms with Crippen LogP contribution >= 0.6 is 31.9 Å². The van der Waals surface area contributed by atoms with E-state index < -0.39 is 20.9 Å². The van der Waals surface area contributed by atoms with E-state index >= 15 is 0 Å². The van der Waals surface area contributed by atoms with Gasteiger partial charge in [-0.05, 0) is 64.0 Å². The standard InChI is InChI=1S/C20H13Br2N3O6S/c21-15-4-1-3-14(10-15)20(26)24-23-12-13-7-8-19(18(22)9-13)31-32(29,30)17-6-2-5-16(11-17)25(27)28/h1-12H,(H,24,26)/b23-12-. The summed E-state index contributed by atoms with van der Waals surface area (Å²) in [4.78, 5) is 21.9. The van der Waals surface area contributed by atoms with Gasteiger partial charge in [0.1, 0.15) is 4.90 Å². The number of nitro benzene ring substituents is 1. The Kier molecular flexibility index (Phi) is 7.38. The number of hydrazone groups is 1. The molecule has 164 valence electrons. The minimum atomic E-state index is -4.30. The molecule has 0 bridgehead atoms. The summed E-state index contributed by atoms with van der Waals surface area (Å²) in [6.07, 6.45) is 1.37. The summed E-state index contributed by atoms with van der Waals surface area (Å²) in [6, 6.07) is 15.8. The fraction of sp³-hybridized carbons (Fsp3) is 0. The van der Waals surface area contributed by atoms with Gasteiger partial charge in [-0.3, -0.25) is 14.9 Å². The molecule has 3 rings (SSSR count). The normalized spacial score (nSPS) is 11.3. The van der Waals surface area contributed by atoms with Crippen LogP contribution in [0, 0.1) is 10.1 Å². The number of amides is 1. The summed E-state index contributed by atoms with van der Waals surface area (Å²) in [5, 5.41) is 14.8. The van der Waals surface area contributed by atoms with Gasteiger partial charge in [0.25, 0.3) is 11.6 Å². The molecule has 1 N–H and O–H groups in total. The van der Waals surface area contributed by atoms with E-state index in [1.165, 1.54) is 42.6 Å². The van der Waals surface area contributed by atoms with E-state index in [0.717, 1.165) is 10.5 Å². The molecule has 32 heavy (non-hydrogen) atoms. The predicted molar refractivity (Wildman–Crippen MR) is 124 cm³/mol. The van der Waals surface area contributed by atoms with Crippen LogP contribution in [-0.4, -0.2) is 25.5 Å². The van der Waals surface area contributed by atoms with Crippen molar-refractivity contribution in [2.75, 3.05) is 0 Å². The topological polar surface area (TPSA) is 128 Å². The number of carbonyl (C=O) groups excluding carboxylic acids is 1. The number of nitrogens with zero attached hydrogens (tertiary/aromatic N) is 2. The lowest BCUT2D eigenvalue weighted by atomic mass is 10.2. The van der Waals surface area contributed by atoms with Crippen LogP contribution in [-0.2, 0) is 10.1 Å². The van der Waals surface area contributed by atoms with Gasteiger partial charge >= 0.3 is 10.1 Å². The lowest BCUT2D eigenvalue weighted by Gasteiger charge is -2.09. The van der Waals surface area contributed by atoms with Crippen molar-refractivity contribution >= 4 is 59.8 Å². The summed E-state index contributed by atoms with van der Waals surface area (Å²) >= 11 is 6.51. The molecular formula is C20H13Br2N3O6S. The summed E-state index contributed by atoms with van der Waals surface area (Å²) in [6.45, 7) is 0. The molecule has 12 heteroatoms. The molecule has 3 aromatic carbocycles. The van der Waals surface area contributed by atoms with Gasteiger partial charge in [-0.15, -0.1) is 0 Å². The number of halogens is 2. The molecule has 0 saturated carbocycles. The van der Waals surface area contributed by atoms with Crippen molar-refractivity contribution in [3.05, 3.63) is 96.9 Å². The van der Waals surface area contributed by atoms with Crippen LogP contribution in [0.5, 0.6) is 5.75 Å². The first-order chi connectivity index (χ1) is 15.2. The molecule has 0 aliphatic carbocycles. The first kappa shape index (κ1) is 23.6. The summed E-state index contributed by atoms with van der Waals surface area (Å²) < 4.78 is 31.1. The number of carbonyl (C=O) groups is 1. The fourth-order valence-corrected chi connectivity index (χ4v) is 4.42. The molecule has 9 nitrogen and oxygen atoms in total. The molecular weight excluding hydrogens is 570 g/mol. The molecule has 0 aliphatic heterocycles. The van der Waals surface area contributed by atoms with Crippen LogP contribution in [0.1, 0.15) is 15.9 Å². The largest absolute Gasteiger partial charge is 0.378 e. The lowest BCUT2D eigenvalue weighted by molar-refractivity contribution is -0.385. The maximum Gasteiger partial charge on any atom is 0.339 e. The van der Waals surface area contributed by atoms with Crippen molar-refractivity contribution in [1.29, 1.82) is 0 Å². The second-order valence-electron chi connectivity index (χ2n) is 6.19. The van der Waals surface area contributed by atoms with Gasteiger partial charge in [0, 0.05) is 22.2 Å². The monoisotopic (exact) mass is 581 g/mol. The Balaban J connectivity index is 1.71. The second-order valence-corrected chi connectivity index (χ2v) is 9.51. The molecule has 0 atom stereocenters. The Morgan fingerprint density at radius 3 is 2.50 bits per heavy atom. The van der Waals surface area contributed by atoms with Gasteiger partial charge in [0.15, 0.2) is 5.75 Å². The van der Waals surface area contributed by atoms with Crippen LogP contribution in [0.3, 0.4) is 0 Å². The molecule has 0 heterocycles. The van der Waals surface area contributed by atoms with Crippen molar-refractivity contribution in [3.8, 4) is 5.75 Å². The van der Waals surface area contributed by atoms with Crippen molar-refractivity contribution in [3.63, 3.8) is 0 Å². The third-order valence-electron chi connectivity index (χ3n) is 3.94. The molecule has 1 amide bonds. The zero-order valence-corrected chi connectivity index (χ0v) is 19.9. The quantitative estimate of drug-likeness (QED) is 0.187. The van der Waals surface area contributed by atoms with Crippen molar-refractivity contribution in [2.24, 2.45) is 5.10 Å². The number of rotatable bonds is 7. The highest BCUT2D eigenvalue weighted by molar-refractivity contribution is 9.10.